The summed E-state index contributed by atoms with van der Waals surface area (Å²) >= 11 is 0. The maximum Gasteiger partial charge on any atom is 0 e. The van der Waals surface area contributed by atoms with E-state index in [4.69, 9.17) is 0 Å². The molecular weight excluding hydrogens is 442 g/mol. The van der Waals surface area contributed by atoms with Gasteiger partial charge in [-0.1, -0.05) is 0 Å². The van der Waals surface area contributed by atoms with Gasteiger partial charge in [-0.3, -0.25) is 0 Å². The molecule has 0 saturated heterocycles. The molecule has 0 spiro atoms. The third kappa shape index (κ3) is 9.71. The van der Waals surface area contributed by atoms with Crippen molar-refractivity contribution in [3.05, 3.63) is 0 Å². The largest absolute Gasteiger partial charge is 0 e. The summed E-state index contributed by atoms with van der Waals surface area (Å²) in [7, 11) is 0. The predicted molar refractivity (Wildman–Crippen MR) is 5.75 cm³/mol. The first kappa shape index (κ1) is 23.6. The Morgan fingerprint density at radius 1 is 1.00 bits per heavy atom. The Bertz CT molecular complexity index is 8.00. The van der Waals surface area contributed by atoms with E-state index >= 15 is 0 Å². The van der Waals surface area contributed by atoms with Crippen LogP contribution in [0.3, 0.4) is 0 Å². The molecule has 4 heteroatoms. The van der Waals surface area contributed by atoms with Crippen molar-refractivity contribution < 1.29 is 92.0 Å². The summed E-state index contributed by atoms with van der Waals surface area (Å²) in [6.07, 6.45) is 0. The summed E-state index contributed by atoms with van der Waals surface area (Å²) in [6.45, 7) is 0. The maximum atomic E-state index is 0. The summed E-state index contributed by atoms with van der Waals surface area (Å²) in [6, 6.07) is 0. The molecule has 0 rings (SSSR count). The van der Waals surface area contributed by atoms with Gasteiger partial charge in [0.2, 0.25) is 0 Å². The second-order valence-electron chi connectivity index (χ2n) is 0. The summed E-state index contributed by atoms with van der Waals surface area (Å²) in [5.74, 6) is 0. The van der Waals surface area contributed by atoms with Gasteiger partial charge in [0.05, 0.1) is 0 Å². The number of hydrogen-bond acceptors (Lipinski definition) is 0. The van der Waals surface area contributed by atoms with Gasteiger partial charge in [0.25, 0.3) is 0 Å². The van der Waals surface area contributed by atoms with Crippen LogP contribution in [0.1, 0.15) is 0 Å². The molecule has 4 heavy (non-hydrogen) atoms. The van der Waals surface area contributed by atoms with E-state index in [9.17, 15) is 0 Å². The minimum atomic E-state index is 0. The fourth-order valence-electron chi connectivity index (χ4n) is 0. The van der Waals surface area contributed by atoms with E-state index in [1.165, 1.54) is 0 Å². The SMILES string of the molecule is [Gd].[La].[Ni].[Sr]. The zero-order chi connectivity index (χ0) is 0. The first-order valence-electron chi connectivity index (χ1n) is 0. The monoisotopic (exact) mass is 443 g/mol. The predicted octanol–water partition coefficient (Wildman–Crippen LogP) is -0.383. The van der Waals surface area contributed by atoms with Crippen LogP contribution in [0.15, 0.2) is 0 Å². The molecule has 0 fully saturated rings. The molecular formula is GdLaNiSr. The van der Waals surface area contributed by atoms with Crippen molar-refractivity contribution in [1.29, 1.82) is 0 Å². The fourth-order valence-corrected chi connectivity index (χ4v) is 0. The van der Waals surface area contributed by atoms with Crippen LogP contribution in [0.25, 0.3) is 0 Å². The standard InChI is InChI=1S/Gd.La.Ni.Sr. The molecule has 0 unspecified atom stereocenters. The van der Waals surface area contributed by atoms with E-state index in [-0.39, 0.29) is 138 Å². The van der Waals surface area contributed by atoms with Crippen LogP contribution in [0.4, 0.5) is 0 Å². The van der Waals surface area contributed by atoms with Crippen LogP contribution in [-0.2, 0) is 16.5 Å². The normalized spacial score (nSPS) is 0. The molecule has 0 atom stereocenters. The van der Waals surface area contributed by atoms with Gasteiger partial charge in [0, 0.05) is 138 Å². The van der Waals surface area contributed by atoms with E-state index in [2.05, 4.69) is 0 Å². The molecule has 0 saturated carbocycles. The van der Waals surface area contributed by atoms with Crippen molar-refractivity contribution in [2.75, 3.05) is 0 Å². The fraction of sp³-hybridized carbons (Fsp3) is 0. The van der Waals surface area contributed by atoms with E-state index in [1.54, 1.807) is 0 Å². The van der Waals surface area contributed by atoms with Gasteiger partial charge >= 0.3 is 0 Å². The molecule has 0 heterocycles. The van der Waals surface area contributed by atoms with Crippen molar-refractivity contribution in [1.82, 2.24) is 0 Å². The van der Waals surface area contributed by atoms with Crippen LogP contribution in [0.2, 0.25) is 0 Å². The zero-order valence-corrected chi connectivity index (χ0v) is 12.3. The summed E-state index contributed by atoms with van der Waals surface area (Å²) in [5.41, 5.74) is 0. The Hall–Kier alpha value is 4.49. The van der Waals surface area contributed by atoms with Crippen LogP contribution in [0.5, 0.6) is 0 Å². The van der Waals surface area contributed by atoms with Gasteiger partial charge in [-0.15, -0.1) is 0 Å². The second kappa shape index (κ2) is 15.6. The molecule has 0 aromatic heterocycles. The van der Waals surface area contributed by atoms with Crippen LogP contribution >= 0.6 is 0 Å². The number of rotatable bonds is 0. The van der Waals surface area contributed by atoms with E-state index in [1.807, 2.05) is 0 Å². The molecule has 0 bridgehead atoms. The topological polar surface area (TPSA) is 0 Å². The summed E-state index contributed by atoms with van der Waals surface area (Å²) in [5, 5.41) is 0. The van der Waals surface area contributed by atoms with E-state index in [0.29, 0.717) is 0 Å². The molecule has 0 aliphatic heterocycles. The van der Waals surface area contributed by atoms with Crippen LogP contribution < -0.4 is 0 Å². The second-order valence-corrected chi connectivity index (χ2v) is 0. The Morgan fingerprint density at radius 2 is 1.00 bits per heavy atom. The van der Waals surface area contributed by atoms with Crippen LogP contribution in [-0.4, -0.2) is 45.5 Å². The van der Waals surface area contributed by atoms with Gasteiger partial charge in [-0.2, -0.15) is 0 Å². The molecule has 0 N–H and O–H groups in total. The van der Waals surface area contributed by atoms with Crippen molar-refractivity contribution in [3.63, 3.8) is 0 Å². The molecule has 23 valence electrons. The number of hydrogen-bond donors (Lipinski definition) is 0. The minimum absolute atomic E-state index is 0. The Balaban J connectivity index is 0. The van der Waals surface area contributed by atoms with E-state index in [0.717, 1.165) is 0 Å². The van der Waals surface area contributed by atoms with Crippen molar-refractivity contribution in [2.24, 2.45) is 0 Å². The molecule has 0 aromatic rings. The summed E-state index contributed by atoms with van der Waals surface area (Å²) < 4.78 is 0. The average molecular weight is 442 g/mol. The minimum Gasteiger partial charge on any atom is 0 e. The molecule has 0 amide bonds. The molecule has 0 aliphatic carbocycles. The zero-order valence-electron chi connectivity index (χ0n) is 1.95. The maximum absolute atomic E-state index is 0. The summed E-state index contributed by atoms with van der Waals surface area (Å²) in [4.78, 5) is 0. The first-order valence-corrected chi connectivity index (χ1v) is 0. The Morgan fingerprint density at radius 3 is 1.00 bits per heavy atom. The molecule has 0 aliphatic rings. The first-order chi connectivity index (χ1) is 0. The Labute approximate surface area is 133 Å². The van der Waals surface area contributed by atoms with Gasteiger partial charge in [0.1, 0.15) is 0 Å². The molecule has 0 nitrogen and oxygen atoms in total. The van der Waals surface area contributed by atoms with Gasteiger partial charge in [0.15, 0.2) is 0 Å². The van der Waals surface area contributed by atoms with Crippen molar-refractivity contribution >= 4 is 45.5 Å². The smallest absolute Gasteiger partial charge is 0 e. The van der Waals surface area contributed by atoms with Crippen LogP contribution in [0, 0.1) is 75.5 Å². The molecule has 0 aromatic carbocycles. The van der Waals surface area contributed by atoms with Crippen molar-refractivity contribution in [2.45, 2.75) is 0 Å². The van der Waals surface area contributed by atoms with Gasteiger partial charge < -0.3 is 0 Å². The third-order valence-corrected chi connectivity index (χ3v) is 0. The van der Waals surface area contributed by atoms with Gasteiger partial charge in [-0.25, -0.2) is 0 Å². The Kier molecular flexibility index (Phi) is 92.4. The van der Waals surface area contributed by atoms with E-state index < -0.39 is 0 Å². The van der Waals surface area contributed by atoms with Gasteiger partial charge in [-0.05, 0) is 0 Å². The third-order valence-electron chi connectivity index (χ3n) is 0. The van der Waals surface area contributed by atoms with Crippen molar-refractivity contribution in [3.8, 4) is 0 Å². The quantitative estimate of drug-likeness (QED) is 0.449. The average Bonchev–Trinajstić information content (AvgIpc) is 0. The molecule has 3 radical (unpaired) electrons.